The van der Waals surface area contributed by atoms with Crippen molar-refractivity contribution < 1.29 is 9.90 Å². The quantitative estimate of drug-likeness (QED) is 0.809. The normalized spacial score (nSPS) is 32.1. The smallest absolute Gasteiger partial charge is 0.306 e. The summed E-state index contributed by atoms with van der Waals surface area (Å²) in [6.07, 6.45) is 10.7. The third-order valence-corrected chi connectivity index (χ3v) is 4.93. The van der Waals surface area contributed by atoms with Crippen LogP contribution in [0.4, 0.5) is 0 Å². The highest BCUT2D eigenvalue weighted by molar-refractivity contribution is 5.70. The standard InChI is InChI=1S/C15H27NO2/c1-11(12-5-3-2-4-6-12)16-14-9-7-13(8-10-14)15(17)18/h11-14,16H,2-10H2,1H3,(H,17,18). The van der Waals surface area contributed by atoms with Crippen LogP contribution in [0, 0.1) is 11.8 Å². The maximum atomic E-state index is 10.9. The van der Waals surface area contributed by atoms with Gasteiger partial charge in [0.15, 0.2) is 0 Å². The van der Waals surface area contributed by atoms with Crippen LogP contribution >= 0.6 is 0 Å². The molecular weight excluding hydrogens is 226 g/mol. The Morgan fingerprint density at radius 1 is 1.06 bits per heavy atom. The minimum Gasteiger partial charge on any atom is -0.481 e. The molecule has 2 N–H and O–H groups in total. The molecule has 18 heavy (non-hydrogen) atoms. The van der Waals surface area contributed by atoms with Gasteiger partial charge in [0.05, 0.1) is 5.92 Å². The van der Waals surface area contributed by atoms with Crippen LogP contribution in [0.3, 0.4) is 0 Å². The molecule has 2 saturated carbocycles. The largest absolute Gasteiger partial charge is 0.481 e. The number of hydrogen-bond donors (Lipinski definition) is 2. The molecule has 1 atom stereocenters. The maximum absolute atomic E-state index is 10.9. The zero-order valence-corrected chi connectivity index (χ0v) is 11.5. The summed E-state index contributed by atoms with van der Waals surface area (Å²) in [5, 5.41) is 12.7. The average molecular weight is 253 g/mol. The molecule has 0 saturated heterocycles. The Morgan fingerprint density at radius 3 is 2.22 bits per heavy atom. The van der Waals surface area contributed by atoms with Gasteiger partial charge in [0, 0.05) is 12.1 Å². The molecule has 2 rings (SSSR count). The molecular formula is C15H27NO2. The van der Waals surface area contributed by atoms with Crippen molar-refractivity contribution in [3.05, 3.63) is 0 Å². The fourth-order valence-corrected chi connectivity index (χ4v) is 3.65. The van der Waals surface area contributed by atoms with Gasteiger partial charge in [-0.2, -0.15) is 0 Å². The second-order valence-corrected chi connectivity index (χ2v) is 6.24. The van der Waals surface area contributed by atoms with Crippen molar-refractivity contribution in [3.8, 4) is 0 Å². The molecule has 0 radical (unpaired) electrons. The molecule has 104 valence electrons. The van der Waals surface area contributed by atoms with Crippen LogP contribution in [-0.2, 0) is 4.79 Å². The summed E-state index contributed by atoms with van der Waals surface area (Å²) in [6.45, 7) is 2.32. The maximum Gasteiger partial charge on any atom is 0.306 e. The Labute approximate surface area is 110 Å². The minimum absolute atomic E-state index is 0.0898. The Hall–Kier alpha value is -0.570. The number of rotatable bonds is 4. The van der Waals surface area contributed by atoms with Gasteiger partial charge in [-0.1, -0.05) is 19.3 Å². The van der Waals surface area contributed by atoms with Crippen molar-refractivity contribution in [3.63, 3.8) is 0 Å². The number of carboxylic acids is 1. The highest BCUT2D eigenvalue weighted by Crippen LogP contribution is 2.29. The first kappa shape index (κ1) is 13.9. The lowest BCUT2D eigenvalue weighted by Gasteiger charge is -2.34. The highest BCUT2D eigenvalue weighted by Gasteiger charge is 2.28. The van der Waals surface area contributed by atoms with Gasteiger partial charge >= 0.3 is 5.97 Å². The lowest BCUT2D eigenvalue weighted by molar-refractivity contribution is -0.142. The van der Waals surface area contributed by atoms with E-state index >= 15 is 0 Å². The van der Waals surface area contributed by atoms with Crippen LogP contribution < -0.4 is 5.32 Å². The van der Waals surface area contributed by atoms with Crippen molar-refractivity contribution in [2.45, 2.75) is 76.8 Å². The van der Waals surface area contributed by atoms with E-state index < -0.39 is 5.97 Å². The molecule has 0 spiro atoms. The summed E-state index contributed by atoms with van der Waals surface area (Å²) >= 11 is 0. The van der Waals surface area contributed by atoms with E-state index in [9.17, 15) is 4.79 Å². The predicted molar refractivity (Wildman–Crippen MR) is 72.6 cm³/mol. The molecule has 0 heterocycles. The summed E-state index contributed by atoms with van der Waals surface area (Å²) < 4.78 is 0. The third kappa shape index (κ3) is 3.71. The van der Waals surface area contributed by atoms with Gasteiger partial charge in [-0.05, 0) is 51.4 Å². The van der Waals surface area contributed by atoms with E-state index in [2.05, 4.69) is 12.2 Å². The van der Waals surface area contributed by atoms with Gasteiger partial charge in [-0.25, -0.2) is 0 Å². The van der Waals surface area contributed by atoms with Gasteiger partial charge < -0.3 is 10.4 Å². The Kier molecular flexibility index (Phi) is 5.04. The van der Waals surface area contributed by atoms with Crippen LogP contribution in [0.15, 0.2) is 0 Å². The van der Waals surface area contributed by atoms with E-state index in [1.807, 2.05) is 0 Å². The predicted octanol–water partition coefficient (Wildman–Crippen LogP) is 3.19. The van der Waals surface area contributed by atoms with E-state index in [-0.39, 0.29) is 5.92 Å². The van der Waals surface area contributed by atoms with E-state index in [1.54, 1.807) is 0 Å². The van der Waals surface area contributed by atoms with Gasteiger partial charge in [0.25, 0.3) is 0 Å². The van der Waals surface area contributed by atoms with Crippen molar-refractivity contribution in [1.82, 2.24) is 5.32 Å². The topological polar surface area (TPSA) is 49.3 Å². The van der Waals surface area contributed by atoms with Crippen molar-refractivity contribution >= 4 is 5.97 Å². The molecule has 1 unspecified atom stereocenters. The summed E-state index contributed by atoms with van der Waals surface area (Å²) in [5.41, 5.74) is 0. The van der Waals surface area contributed by atoms with Crippen molar-refractivity contribution in [2.24, 2.45) is 11.8 Å². The lowest BCUT2D eigenvalue weighted by atomic mass is 9.82. The molecule has 2 fully saturated rings. The first-order valence-corrected chi connectivity index (χ1v) is 7.65. The molecule has 2 aliphatic carbocycles. The second-order valence-electron chi connectivity index (χ2n) is 6.24. The summed E-state index contributed by atoms with van der Waals surface area (Å²) in [4.78, 5) is 10.9. The zero-order valence-electron chi connectivity index (χ0n) is 11.5. The Bertz CT molecular complexity index is 266. The van der Waals surface area contributed by atoms with Crippen molar-refractivity contribution in [2.75, 3.05) is 0 Å². The molecule has 0 aromatic carbocycles. The highest BCUT2D eigenvalue weighted by atomic mass is 16.4. The number of aliphatic carboxylic acids is 1. The van der Waals surface area contributed by atoms with Crippen LogP contribution in [0.1, 0.15) is 64.7 Å². The molecule has 0 aliphatic heterocycles. The molecule has 3 heteroatoms. The van der Waals surface area contributed by atoms with Gasteiger partial charge in [0.2, 0.25) is 0 Å². The number of nitrogens with one attached hydrogen (secondary N) is 1. The molecule has 0 aromatic rings. The van der Waals surface area contributed by atoms with E-state index in [1.165, 1.54) is 32.1 Å². The summed E-state index contributed by atoms with van der Waals surface area (Å²) in [5.74, 6) is 0.151. The number of carbonyl (C=O) groups is 1. The minimum atomic E-state index is -0.603. The van der Waals surface area contributed by atoms with E-state index in [4.69, 9.17) is 5.11 Å². The summed E-state index contributed by atoms with van der Waals surface area (Å²) in [6, 6.07) is 1.16. The summed E-state index contributed by atoms with van der Waals surface area (Å²) in [7, 11) is 0. The first-order valence-electron chi connectivity index (χ1n) is 7.65. The SMILES string of the molecule is CC(NC1CCC(C(=O)O)CC1)C1CCCCC1. The monoisotopic (exact) mass is 253 g/mol. The van der Waals surface area contributed by atoms with Crippen molar-refractivity contribution in [1.29, 1.82) is 0 Å². The third-order valence-electron chi connectivity index (χ3n) is 4.93. The average Bonchev–Trinajstić information content (AvgIpc) is 2.40. The van der Waals surface area contributed by atoms with Crippen LogP contribution in [0.5, 0.6) is 0 Å². The van der Waals surface area contributed by atoms with E-state index in [0.29, 0.717) is 12.1 Å². The van der Waals surface area contributed by atoms with Gasteiger partial charge in [-0.3, -0.25) is 4.79 Å². The Balaban J connectivity index is 1.71. The van der Waals surface area contributed by atoms with Crippen LogP contribution in [0.25, 0.3) is 0 Å². The fraction of sp³-hybridized carbons (Fsp3) is 0.933. The molecule has 3 nitrogen and oxygen atoms in total. The molecule has 2 aliphatic rings. The second kappa shape index (κ2) is 6.55. The fourth-order valence-electron chi connectivity index (χ4n) is 3.65. The van der Waals surface area contributed by atoms with Crippen LogP contribution in [-0.4, -0.2) is 23.2 Å². The van der Waals surface area contributed by atoms with E-state index in [0.717, 1.165) is 31.6 Å². The van der Waals surface area contributed by atoms with Gasteiger partial charge in [-0.15, -0.1) is 0 Å². The molecule has 0 amide bonds. The first-order chi connectivity index (χ1) is 8.66. The molecule has 0 bridgehead atoms. The lowest BCUT2D eigenvalue weighted by Crippen LogP contribution is -2.43. The van der Waals surface area contributed by atoms with Gasteiger partial charge in [0.1, 0.15) is 0 Å². The Morgan fingerprint density at radius 2 is 1.67 bits per heavy atom. The zero-order chi connectivity index (χ0) is 13.0. The van der Waals surface area contributed by atoms with Crippen LogP contribution in [0.2, 0.25) is 0 Å². The number of carboxylic acid groups (broad SMARTS) is 1. The molecule has 0 aromatic heterocycles. The number of hydrogen-bond acceptors (Lipinski definition) is 2.